The zero-order valence-corrected chi connectivity index (χ0v) is 22.7. The molecule has 0 aliphatic heterocycles. The van der Waals surface area contributed by atoms with Crippen molar-refractivity contribution < 1.29 is 9.90 Å². The third-order valence-corrected chi connectivity index (χ3v) is 14.0. The van der Waals surface area contributed by atoms with E-state index in [4.69, 9.17) is 0 Å². The Balaban J connectivity index is 1.55. The van der Waals surface area contributed by atoms with Gasteiger partial charge in [-0.25, -0.2) is 0 Å². The lowest BCUT2D eigenvalue weighted by molar-refractivity contribution is -0.256. The first-order chi connectivity index (χ1) is 15.2. The zero-order valence-electron chi connectivity index (χ0n) is 22.7. The molecule has 2 heteroatoms. The highest BCUT2D eigenvalue weighted by atomic mass is 16.3. The lowest BCUT2D eigenvalue weighted by atomic mass is 9.30. The van der Waals surface area contributed by atoms with Crippen LogP contribution < -0.4 is 0 Å². The second-order valence-corrected chi connectivity index (χ2v) is 15.3. The van der Waals surface area contributed by atoms with E-state index >= 15 is 0 Å². The molecule has 1 N–H and O–H groups in total. The molecular weight excluding hydrogens is 404 g/mol. The van der Waals surface area contributed by atoms with Crippen molar-refractivity contribution in [3.05, 3.63) is 12.2 Å². The van der Waals surface area contributed by atoms with Crippen LogP contribution in [0.4, 0.5) is 0 Å². The predicted molar refractivity (Wildman–Crippen MR) is 136 cm³/mol. The van der Waals surface area contributed by atoms with Crippen LogP contribution in [0.5, 0.6) is 0 Å². The molecule has 5 saturated carbocycles. The standard InChI is InChI=1S/C31H50O2/c1-20-17-23-28(5,21(2)25(20)33)10-9-22-29(23,6)14-16-31(8)24-18-26(3,19-32)11-12-27(24,4)13-15-30(22,31)7/h21-24,32H,1,9-19H2,2-8H3/t21-,22-,23+,24+,26-,27+,28+,29+,30+,31-/m0/s1. The quantitative estimate of drug-likeness (QED) is 0.414. The molecule has 33 heavy (non-hydrogen) atoms. The fourth-order valence-corrected chi connectivity index (χ4v) is 11.1. The van der Waals surface area contributed by atoms with Crippen LogP contribution in [0.15, 0.2) is 12.2 Å². The summed E-state index contributed by atoms with van der Waals surface area (Å²) in [6, 6.07) is 0. The maximum atomic E-state index is 13.0. The fourth-order valence-electron chi connectivity index (χ4n) is 11.1. The van der Waals surface area contributed by atoms with Gasteiger partial charge in [-0.15, -0.1) is 0 Å². The fraction of sp³-hybridized carbons (Fsp3) is 0.903. The summed E-state index contributed by atoms with van der Waals surface area (Å²) in [6.07, 6.45) is 12.3. The van der Waals surface area contributed by atoms with Crippen LogP contribution in [-0.2, 0) is 4.79 Å². The Kier molecular flexibility index (Phi) is 5.10. The van der Waals surface area contributed by atoms with E-state index in [9.17, 15) is 9.90 Å². The molecular formula is C31H50O2. The summed E-state index contributed by atoms with van der Waals surface area (Å²) in [5.41, 5.74) is 2.51. The minimum Gasteiger partial charge on any atom is -0.396 e. The second kappa shape index (κ2) is 6.98. The average molecular weight is 455 g/mol. The summed E-state index contributed by atoms with van der Waals surface area (Å²) in [5.74, 6) is 2.45. The molecule has 0 heterocycles. The van der Waals surface area contributed by atoms with Crippen LogP contribution in [0.2, 0.25) is 0 Å². The van der Waals surface area contributed by atoms with Gasteiger partial charge in [-0.2, -0.15) is 0 Å². The lowest BCUT2D eigenvalue weighted by Crippen LogP contribution is -2.68. The Morgan fingerprint density at radius 3 is 2.09 bits per heavy atom. The number of hydrogen-bond acceptors (Lipinski definition) is 2. The number of carbonyl (C=O) groups excluding carboxylic acids is 1. The molecule has 5 aliphatic carbocycles. The minimum atomic E-state index is 0.0915. The van der Waals surface area contributed by atoms with Crippen LogP contribution in [-0.4, -0.2) is 17.5 Å². The first kappa shape index (κ1) is 24.1. The number of rotatable bonds is 1. The summed E-state index contributed by atoms with van der Waals surface area (Å²) in [4.78, 5) is 13.0. The molecule has 186 valence electrons. The molecule has 0 aromatic rings. The smallest absolute Gasteiger partial charge is 0.161 e. The van der Waals surface area contributed by atoms with Crippen molar-refractivity contribution >= 4 is 5.78 Å². The molecule has 5 fully saturated rings. The SMILES string of the molecule is C=C1C[C@@H]2[C@](C)(CC[C@H]3[C@@]2(C)CC[C@@]2(C)[C@@H]4C[C@@](C)(CO)CC[C@]4(C)CC[C@]32C)[C@@H](C)C1=O. The van der Waals surface area contributed by atoms with Gasteiger partial charge in [-0.1, -0.05) is 55.0 Å². The van der Waals surface area contributed by atoms with Crippen molar-refractivity contribution in [1.82, 2.24) is 0 Å². The molecule has 0 bridgehead atoms. The highest BCUT2D eigenvalue weighted by molar-refractivity contribution is 5.97. The third-order valence-electron chi connectivity index (χ3n) is 14.0. The van der Waals surface area contributed by atoms with Crippen LogP contribution in [0, 0.1) is 56.2 Å². The van der Waals surface area contributed by atoms with Crippen molar-refractivity contribution in [3.8, 4) is 0 Å². The summed E-state index contributed by atoms with van der Waals surface area (Å²) in [5, 5.41) is 10.3. The molecule has 0 radical (unpaired) electrons. The van der Waals surface area contributed by atoms with E-state index in [1.807, 2.05) is 0 Å². The number of carbonyl (C=O) groups is 1. The van der Waals surface area contributed by atoms with Crippen LogP contribution in [0.1, 0.15) is 113 Å². The summed E-state index contributed by atoms with van der Waals surface area (Å²) < 4.78 is 0. The lowest BCUT2D eigenvalue weighted by Gasteiger charge is -2.74. The highest BCUT2D eigenvalue weighted by Gasteiger charge is 2.71. The molecule has 10 atom stereocenters. The van der Waals surface area contributed by atoms with E-state index in [1.54, 1.807) is 0 Å². The van der Waals surface area contributed by atoms with Crippen LogP contribution in [0.25, 0.3) is 0 Å². The third kappa shape index (κ3) is 2.85. The zero-order chi connectivity index (χ0) is 24.2. The number of allylic oxidation sites excluding steroid dienone is 1. The average Bonchev–Trinajstić information content (AvgIpc) is 2.77. The van der Waals surface area contributed by atoms with Gasteiger partial charge < -0.3 is 5.11 Å². The van der Waals surface area contributed by atoms with Crippen molar-refractivity contribution in [2.45, 2.75) is 113 Å². The molecule has 0 unspecified atom stereocenters. The Morgan fingerprint density at radius 2 is 1.42 bits per heavy atom. The first-order valence-corrected chi connectivity index (χ1v) is 14.0. The van der Waals surface area contributed by atoms with E-state index in [1.165, 1.54) is 57.8 Å². The van der Waals surface area contributed by atoms with Gasteiger partial charge in [0.2, 0.25) is 0 Å². The monoisotopic (exact) mass is 454 g/mol. The van der Waals surface area contributed by atoms with E-state index < -0.39 is 0 Å². The van der Waals surface area contributed by atoms with Gasteiger partial charge >= 0.3 is 0 Å². The number of aliphatic hydroxyl groups excluding tert-OH is 1. The van der Waals surface area contributed by atoms with Gasteiger partial charge in [0.25, 0.3) is 0 Å². The van der Waals surface area contributed by atoms with Crippen molar-refractivity contribution in [1.29, 1.82) is 0 Å². The summed E-state index contributed by atoms with van der Waals surface area (Å²) in [7, 11) is 0. The van der Waals surface area contributed by atoms with E-state index in [0.717, 1.165) is 17.9 Å². The highest BCUT2D eigenvalue weighted by Crippen LogP contribution is 2.78. The topological polar surface area (TPSA) is 37.3 Å². The van der Waals surface area contributed by atoms with E-state index in [2.05, 4.69) is 55.0 Å². The molecule has 0 aromatic heterocycles. The summed E-state index contributed by atoms with van der Waals surface area (Å²) in [6.45, 7) is 22.1. The molecule has 5 aliphatic rings. The van der Waals surface area contributed by atoms with Gasteiger partial charge in [0, 0.05) is 12.5 Å². The molecule has 5 rings (SSSR count). The predicted octanol–water partition coefficient (Wildman–Crippen LogP) is 7.60. The maximum absolute atomic E-state index is 13.0. The Bertz CT molecular complexity index is 876. The number of ketones is 1. The van der Waals surface area contributed by atoms with Gasteiger partial charge in [0.05, 0.1) is 0 Å². The van der Waals surface area contributed by atoms with Gasteiger partial charge in [-0.3, -0.25) is 4.79 Å². The van der Waals surface area contributed by atoms with Crippen LogP contribution >= 0.6 is 0 Å². The van der Waals surface area contributed by atoms with Gasteiger partial charge in [-0.05, 0) is 120 Å². The Labute approximate surface area is 203 Å². The first-order valence-electron chi connectivity index (χ1n) is 14.0. The molecule has 2 nitrogen and oxygen atoms in total. The van der Waals surface area contributed by atoms with E-state index in [-0.39, 0.29) is 16.7 Å². The minimum absolute atomic E-state index is 0.0915. The van der Waals surface area contributed by atoms with E-state index in [0.29, 0.717) is 45.9 Å². The van der Waals surface area contributed by atoms with Gasteiger partial charge in [0.15, 0.2) is 5.78 Å². The molecule has 0 aromatic carbocycles. The number of Topliss-reactive ketones (excluding diaryl/α,β-unsaturated/α-hetero) is 1. The number of aliphatic hydroxyl groups is 1. The molecule has 0 spiro atoms. The van der Waals surface area contributed by atoms with Gasteiger partial charge in [0.1, 0.15) is 0 Å². The molecule has 0 saturated heterocycles. The Morgan fingerprint density at radius 1 is 0.818 bits per heavy atom. The second-order valence-electron chi connectivity index (χ2n) is 15.3. The summed E-state index contributed by atoms with van der Waals surface area (Å²) >= 11 is 0. The number of hydrogen-bond donors (Lipinski definition) is 1. The normalized spacial score (nSPS) is 58.7. The Hall–Kier alpha value is -0.630. The van der Waals surface area contributed by atoms with Crippen molar-refractivity contribution in [2.75, 3.05) is 6.61 Å². The van der Waals surface area contributed by atoms with Crippen molar-refractivity contribution in [2.24, 2.45) is 56.2 Å². The van der Waals surface area contributed by atoms with Crippen LogP contribution in [0.3, 0.4) is 0 Å². The molecule has 0 amide bonds. The largest absolute Gasteiger partial charge is 0.396 e. The van der Waals surface area contributed by atoms with Crippen molar-refractivity contribution in [3.63, 3.8) is 0 Å². The number of fused-ring (bicyclic) bond motifs is 7. The maximum Gasteiger partial charge on any atom is 0.161 e.